The molecule has 2 aliphatic rings. The summed E-state index contributed by atoms with van der Waals surface area (Å²) < 4.78 is 2.25. The molecule has 1 atom stereocenters. The first kappa shape index (κ1) is 12.2. The molecule has 1 aromatic heterocycles. The molecule has 1 aliphatic heterocycles. The van der Waals surface area contributed by atoms with E-state index in [9.17, 15) is 0 Å². The number of imidazole rings is 1. The van der Waals surface area contributed by atoms with E-state index in [0.29, 0.717) is 6.04 Å². The van der Waals surface area contributed by atoms with Gasteiger partial charge >= 0.3 is 0 Å². The van der Waals surface area contributed by atoms with E-state index < -0.39 is 0 Å². The van der Waals surface area contributed by atoms with Gasteiger partial charge in [0.15, 0.2) is 0 Å². The number of fused-ring (bicyclic) bond motifs is 1. The van der Waals surface area contributed by atoms with E-state index in [1.165, 1.54) is 37.9 Å². The highest BCUT2D eigenvalue weighted by molar-refractivity contribution is 4.96. The Bertz CT molecular complexity index is 381. The average Bonchev–Trinajstić information content (AvgIpc) is 2.87. The van der Waals surface area contributed by atoms with Gasteiger partial charge in [0.2, 0.25) is 0 Å². The molecule has 0 amide bonds. The predicted molar refractivity (Wildman–Crippen MR) is 72.1 cm³/mol. The molecule has 1 fully saturated rings. The van der Waals surface area contributed by atoms with E-state index in [2.05, 4.69) is 20.6 Å². The van der Waals surface area contributed by atoms with Crippen molar-refractivity contribution < 1.29 is 0 Å². The molecule has 0 saturated heterocycles. The molecule has 4 heteroatoms. The van der Waals surface area contributed by atoms with E-state index >= 15 is 0 Å². The number of hydrogen-bond donors (Lipinski definition) is 1. The van der Waals surface area contributed by atoms with Crippen molar-refractivity contribution in [1.29, 1.82) is 0 Å². The SMILES string of the molecule is NC(CN1CCn2ccnc2C1)C1CCCCC1. The highest BCUT2D eigenvalue weighted by Crippen LogP contribution is 2.26. The van der Waals surface area contributed by atoms with E-state index in [0.717, 1.165) is 32.1 Å². The average molecular weight is 248 g/mol. The van der Waals surface area contributed by atoms with Crippen molar-refractivity contribution in [2.24, 2.45) is 11.7 Å². The first-order valence-corrected chi connectivity index (χ1v) is 7.31. The van der Waals surface area contributed by atoms with Gasteiger partial charge in [-0.25, -0.2) is 4.98 Å². The molecule has 1 unspecified atom stereocenters. The van der Waals surface area contributed by atoms with Crippen molar-refractivity contribution in [1.82, 2.24) is 14.5 Å². The molecule has 0 bridgehead atoms. The zero-order valence-corrected chi connectivity index (χ0v) is 11.1. The van der Waals surface area contributed by atoms with Gasteiger partial charge in [-0.05, 0) is 18.8 Å². The summed E-state index contributed by atoms with van der Waals surface area (Å²) in [5, 5.41) is 0. The van der Waals surface area contributed by atoms with Crippen LogP contribution >= 0.6 is 0 Å². The lowest BCUT2D eigenvalue weighted by Crippen LogP contribution is -2.45. The number of nitrogens with two attached hydrogens (primary N) is 1. The predicted octanol–water partition coefficient (Wildman–Crippen LogP) is 1.61. The van der Waals surface area contributed by atoms with Crippen LogP contribution < -0.4 is 5.73 Å². The van der Waals surface area contributed by atoms with Gasteiger partial charge in [0.1, 0.15) is 5.82 Å². The minimum atomic E-state index is 0.354. The van der Waals surface area contributed by atoms with Crippen LogP contribution in [-0.4, -0.2) is 33.6 Å². The summed E-state index contributed by atoms with van der Waals surface area (Å²) in [6, 6.07) is 0.354. The second-order valence-corrected chi connectivity index (χ2v) is 5.83. The van der Waals surface area contributed by atoms with Gasteiger partial charge in [0.25, 0.3) is 0 Å². The Balaban J connectivity index is 1.54. The molecule has 1 aromatic rings. The Morgan fingerprint density at radius 1 is 1.28 bits per heavy atom. The fourth-order valence-corrected chi connectivity index (χ4v) is 3.39. The van der Waals surface area contributed by atoms with E-state index in [1.807, 2.05) is 6.20 Å². The summed E-state index contributed by atoms with van der Waals surface area (Å²) >= 11 is 0. The molecule has 1 aliphatic carbocycles. The molecule has 0 radical (unpaired) electrons. The van der Waals surface area contributed by atoms with Gasteiger partial charge in [0, 0.05) is 38.1 Å². The zero-order chi connectivity index (χ0) is 12.4. The van der Waals surface area contributed by atoms with Crippen LogP contribution in [0, 0.1) is 5.92 Å². The maximum atomic E-state index is 6.41. The van der Waals surface area contributed by atoms with E-state index in [1.54, 1.807) is 0 Å². The Kier molecular flexibility index (Phi) is 3.66. The Labute approximate surface area is 109 Å². The number of rotatable bonds is 3. The zero-order valence-electron chi connectivity index (χ0n) is 11.1. The molecule has 4 nitrogen and oxygen atoms in total. The number of nitrogens with zero attached hydrogens (tertiary/aromatic N) is 3. The molecule has 0 aromatic carbocycles. The minimum absolute atomic E-state index is 0.354. The van der Waals surface area contributed by atoms with Crippen LogP contribution in [0.15, 0.2) is 12.4 Å². The second kappa shape index (κ2) is 5.41. The molecular weight excluding hydrogens is 224 g/mol. The standard InChI is InChI=1S/C14H24N4/c15-13(12-4-2-1-3-5-12)10-17-8-9-18-7-6-16-14(18)11-17/h6-7,12-13H,1-5,8-11,15H2. The van der Waals surface area contributed by atoms with Crippen LogP contribution in [0.5, 0.6) is 0 Å². The van der Waals surface area contributed by atoms with Gasteiger partial charge < -0.3 is 10.3 Å². The van der Waals surface area contributed by atoms with Crippen LogP contribution in [0.1, 0.15) is 37.9 Å². The quantitative estimate of drug-likeness (QED) is 0.884. The molecule has 3 rings (SSSR count). The Morgan fingerprint density at radius 2 is 2.11 bits per heavy atom. The lowest BCUT2D eigenvalue weighted by Gasteiger charge is -2.34. The highest BCUT2D eigenvalue weighted by atomic mass is 15.2. The first-order chi connectivity index (χ1) is 8.83. The number of aromatic nitrogens is 2. The third-order valence-corrected chi connectivity index (χ3v) is 4.55. The van der Waals surface area contributed by atoms with Crippen LogP contribution in [0.2, 0.25) is 0 Å². The Hall–Kier alpha value is -0.870. The van der Waals surface area contributed by atoms with Gasteiger partial charge in [-0.15, -0.1) is 0 Å². The van der Waals surface area contributed by atoms with Crippen LogP contribution in [0.3, 0.4) is 0 Å². The summed E-state index contributed by atoms with van der Waals surface area (Å²) in [6.45, 7) is 4.18. The van der Waals surface area contributed by atoms with Crippen molar-refractivity contribution in [3.05, 3.63) is 18.2 Å². The normalized spacial score (nSPS) is 23.8. The highest BCUT2D eigenvalue weighted by Gasteiger charge is 2.24. The summed E-state index contributed by atoms with van der Waals surface area (Å²) in [5.41, 5.74) is 6.41. The maximum absolute atomic E-state index is 6.41. The second-order valence-electron chi connectivity index (χ2n) is 5.83. The van der Waals surface area contributed by atoms with Crippen LogP contribution in [-0.2, 0) is 13.1 Å². The van der Waals surface area contributed by atoms with Crippen molar-refractivity contribution in [3.63, 3.8) is 0 Å². The van der Waals surface area contributed by atoms with Gasteiger partial charge in [-0.1, -0.05) is 19.3 Å². The summed E-state index contributed by atoms with van der Waals surface area (Å²) in [4.78, 5) is 6.88. The fraction of sp³-hybridized carbons (Fsp3) is 0.786. The van der Waals surface area contributed by atoms with Gasteiger partial charge in [0.05, 0.1) is 6.54 Å². The topological polar surface area (TPSA) is 47.1 Å². The molecule has 2 N–H and O–H groups in total. The summed E-state index contributed by atoms with van der Waals surface area (Å²) in [6.07, 6.45) is 10.8. The van der Waals surface area contributed by atoms with E-state index in [-0.39, 0.29) is 0 Å². The monoisotopic (exact) mass is 248 g/mol. The molecule has 0 spiro atoms. The third kappa shape index (κ3) is 2.59. The van der Waals surface area contributed by atoms with Gasteiger partial charge in [-0.2, -0.15) is 0 Å². The summed E-state index contributed by atoms with van der Waals surface area (Å²) in [7, 11) is 0. The lowest BCUT2D eigenvalue weighted by molar-refractivity contribution is 0.173. The minimum Gasteiger partial charge on any atom is -0.333 e. The molecular formula is C14H24N4. The van der Waals surface area contributed by atoms with Gasteiger partial charge in [-0.3, -0.25) is 4.90 Å². The van der Waals surface area contributed by atoms with Crippen LogP contribution in [0.25, 0.3) is 0 Å². The molecule has 100 valence electrons. The lowest BCUT2D eigenvalue weighted by atomic mass is 9.84. The third-order valence-electron chi connectivity index (χ3n) is 4.55. The fourth-order valence-electron chi connectivity index (χ4n) is 3.39. The molecule has 1 saturated carbocycles. The first-order valence-electron chi connectivity index (χ1n) is 7.31. The summed E-state index contributed by atoms with van der Waals surface area (Å²) in [5.74, 6) is 1.94. The van der Waals surface area contributed by atoms with Crippen molar-refractivity contribution in [2.45, 2.75) is 51.2 Å². The largest absolute Gasteiger partial charge is 0.333 e. The smallest absolute Gasteiger partial charge is 0.122 e. The van der Waals surface area contributed by atoms with Crippen molar-refractivity contribution in [3.8, 4) is 0 Å². The Morgan fingerprint density at radius 3 is 2.94 bits per heavy atom. The maximum Gasteiger partial charge on any atom is 0.122 e. The van der Waals surface area contributed by atoms with Crippen molar-refractivity contribution in [2.75, 3.05) is 13.1 Å². The van der Waals surface area contributed by atoms with Crippen molar-refractivity contribution >= 4 is 0 Å². The van der Waals surface area contributed by atoms with E-state index in [4.69, 9.17) is 5.73 Å². The molecule has 2 heterocycles. The molecule has 18 heavy (non-hydrogen) atoms. The number of hydrogen-bond acceptors (Lipinski definition) is 3. The van der Waals surface area contributed by atoms with Crippen LogP contribution in [0.4, 0.5) is 0 Å².